The van der Waals surface area contributed by atoms with E-state index >= 15 is 0 Å². The molecule has 0 atom stereocenters. The van der Waals surface area contributed by atoms with Crippen molar-refractivity contribution < 1.29 is 0 Å². The molecule has 0 aliphatic rings. The van der Waals surface area contributed by atoms with Gasteiger partial charge in [0.25, 0.3) is 0 Å². The Kier molecular flexibility index (Phi) is 2.26. The van der Waals surface area contributed by atoms with Gasteiger partial charge in [-0.25, -0.2) is 14.5 Å². The average Bonchev–Trinajstić information content (AvgIpc) is 2.94. The van der Waals surface area contributed by atoms with E-state index in [0.29, 0.717) is 11.7 Å². The first-order valence-corrected chi connectivity index (χ1v) is 5.67. The number of rotatable bonds is 2. The number of hydrogen-bond acceptors (Lipinski definition) is 5. The van der Waals surface area contributed by atoms with Crippen LogP contribution in [0, 0.1) is 0 Å². The van der Waals surface area contributed by atoms with E-state index in [2.05, 4.69) is 34.0 Å². The summed E-state index contributed by atoms with van der Waals surface area (Å²) in [7, 11) is 0. The van der Waals surface area contributed by atoms with Gasteiger partial charge < -0.3 is 5.73 Å². The molecule has 3 aromatic heterocycles. The number of nitrogens with two attached hydrogens (primary N) is 1. The molecule has 0 fully saturated rings. The molecule has 92 valence electrons. The van der Waals surface area contributed by atoms with Crippen molar-refractivity contribution in [3.8, 4) is 5.82 Å². The summed E-state index contributed by atoms with van der Waals surface area (Å²) in [5.41, 5.74) is 7.41. The van der Waals surface area contributed by atoms with E-state index in [0.717, 1.165) is 11.2 Å². The van der Waals surface area contributed by atoms with Crippen LogP contribution in [0.2, 0.25) is 0 Å². The topological polar surface area (TPSA) is 86.9 Å². The van der Waals surface area contributed by atoms with Gasteiger partial charge in [-0.3, -0.25) is 0 Å². The van der Waals surface area contributed by atoms with Gasteiger partial charge in [-0.15, -0.1) is 5.10 Å². The van der Waals surface area contributed by atoms with E-state index in [1.165, 1.54) is 0 Å². The Labute approximate surface area is 103 Å². The maximum atomic E-state index is 5.52. The van der Waals surface area contributed by atoms with Crippen LogP contribution in [-0.2, 0) is 0 Å². The third-order valence-electron chi connectivity index (χ3n) is 2.71. The lowest BCUT2D eigenvalue weighted by atomic mass is 10.1. The van der Waals surface area contributed by atoms with E-state index in [-0.39, 0.29) is 5.95 Å². The van der Waals surface area contributed by atoms with Crippen molar-refractivity contribution in [3.05, 3.63) is 30.5 Å². The highest BCUT2D eigenvalue weighted by atomic mass is 15.4. The molecule has 7 heteroatoms. The Bertz CT molecular complexity index is 694. The molecule has 0 aromatic carbocycles. The van der Waals surface area contributed by atoms with Crippen LogP contribution in [0.4, 0.5) is 5.95 Å². The molecule has 3 aromatic rings. The number of aromatic nitrogens is 6. The molecular formula is C11H13N7. The van der Waals surface area contributed by atoms with Gasteiger partial charge in [0.15, 0.2) is 5.82 Å². The fourth-order valence-corrected chi connectivity index (χ4v) is 1.76. The Hall–Kier alpha value is -2.44. The number of hydrogen-bond donors (Lipinski definition) is 1. The van der Waals surface area contributed by atoms with Gasteiger partial charge in [0.05, 0.1) is 5.69 Å². The maximum Gasteiger partial charge on any atom is 0.239 e. The summed E-state index contributed by atoms with van der Waals surface area (Å²) in [4.78, 5) is 8.21. The summed E-state index contributed by atoms with van der Waals surface area (Å²) in [6, 6.07) is 2.00. The molecular weight excluding hydrogens is 230 g/mol. The highest BCUT2D eigenvalue weighted by Gasteiger charge is 2.11. The Morgan fingerprint density at radius 3 is 2.72 bits per heavy atom. The van der Waals surface area contributed by atoms with Crippen LogP contribution >= 0.6 is 0 Å². The smallest absolute Gasteiger partial charge is 0.239 e. The van der Waals surface area contributed by atoms with Crippen molar-refractivity contribution in [1.82, 2.24) is 29.4 Å². The van der Waals surface area contributed by atoms with Gasteiger partial charge in [0, 0.05) is 12.4 Å². The first-order valence-electron chi connectivity index (χ1n) is 5.67. The third-order valence-corrected chi connectivity index (χ3v) is 2.71. The lowest BCUT2D eigenvalue weighted by Gasteiger charge is -2.00. The summed E-state index contributed by atoms with van der Waals surface area (Å²) in [6.07, 6.45) is 5.03. The third kappa shape index (κ3) is 1.60. The molecule has 3 heterocycles. The minimum absolute atomic E-state index is 0.224. The van der Waals surface area contributed by atoms with Crippen molar-refractivity contribution >= 4 is 11.5 Å². The fraction of sp³-hybridized carbons (Fsp3) is 0.273. The van der Waals surface area contributed by atoms with Gasteiger partial charge in [-0.2, -0.15) is 9.78 Å². The van der Waals surface area contributed by atoms with Gasteiger partial charge in [-0.05, 0) is 12.0 Å². The van der Waals surface area contributed by atoms with Crippen molar-refractivity contribution in [1.29, 1.82) is 0 Å². The Morgan fingerprint density at radius 1 is 1.22 bits per heavy atom. The molecule has 0 unspecified atom stereocenters. The first kappa shape index (κ1) is 10.7. The van der Waals surface area contributed by atoms with Crippen LogP contribution in [0.15, 0.2) is 24.8 Å². The lowest BCUT2D eigenvalue weighted by Crippen LogP contribution is -2.02. The number of nitrogen functional groups attached to an aromatic ring is 1. The minimum atomic E-state index is 0.224. The number of nitrogens with zero attached hydrogens (tertiary/aromatic N) is 6. The normalized spacial score (nSPS) is 11.5. The molecule has 0 amide bonds. The SMILES string of the molecule is CC(C)c1cc2c(-n3cnc(N)n3)nccn2n1. The quantitative estimate of drug-likeness (QED) is 0.726. The monoisotopic (exact) mass is 243 g/mol. The van der Waals surface area contributed by atoms with E-state index in [1.807, 2.05) is 12.3 Å². The molecule has 0 aliphatic carbocycles. The number of fused-ring (bicyclic) bond motifs is 1. The van der Waals surface area contributed by atoms with Crippen LogP contribution in [0.3, 0.4) is 0 Å². The van der Waals surface area contributed by atoms with Crippen LogP contribution in [0.1, 0.15) is 25.5 Å². The summed E-state index contributed by atoms with van der Waals surface area (Å²) < 4.78 is 3.34. The van der Waals surface area contributed by atoms with Crippen molar-refractivity contribution in [2.24, 2.45) is 0 Å². The minimum Gasteiger partial charge on any atom is -0.366 e. The molecule has 0 saturated carbocycles. The fourth-order valence-electron chi connectivity index (χ4n) is 1.76. The summed E-state index contributed by atoms with van der Waals surface area (Å²) >= 11 is 0. The summed E-state index contributed by atoms with van der Waals surface area (Å²) in [5, 5.41) is 8.55. The highest BCUT2D eigenvalue weighted by molar-refractivity contribution is 5.60. The second-order valence-electron chi connectivity index (χ2n) is 4.35. The predicted octanol–water partition coefficient (Wildman–Crippen LogP) is 1.02. The Balaban J connectivity index is 2.23. The number of anilines is 1. The molecule has 0 spiro atoms. The van der Waals surface area contributed by atoms with Crippen molar-refractivity contribution in [2.75, 3.05) is 5.73 Å². The second-order valence-corrected chi connectivity index (χ2v) is 4.35. The largest absolute Gasteiger partial charge is 0.366 e. The second kappa shape index (κ2) is 3.80. The molecule has 3 rings (SSSR count). The van der Waals surface area contributed by atoms with E-state index in [4.69, 9.17) is 5.73 Å². The van der Waals surface area contributed by atoms with Crippen LogP contribution in [0.5, 0.6) is 0 Å². The maximum absolute atomic E-state index is 5.52. The van der Waals surface area contributed by atoms with Crippen LogP contribution < -0.4 is 5.73 Å². The first-order chi connectivity index (χ1) is 8.65. The molecule has 0 saturated heterocycles. The van der Waals surface area contributed by atoms with E-state index in [9.17, 15) is 0 Å². The summed E-state index contributed by atoms with van der Waals surface area (Å²) in [5.74, 6) is 1.25. The van der Waals surface area contributed by atoms with Gasteiger partial charge >= 0.3 is 0 Å². The molecule has 0 aliphatic heterocycles. The molecule has 2 N–H and O–H groups in total. The average molecular weight is 243 g/mol. The predicted molar refractivity (Wildman–Crippen MR) is 66.4 cm³/mol. The Morgan fingerprint density at radius 2 is 2.06 bits per heavy atom. The van der Waals surface area contributed by atoms with E-state index < -0.39 is 0 Å². The van der Waals surface area contributed by atoms with Gasteiger partial charge in [0.2, 0.25) is 5.95 Å². The van der Waals surface area contributed by atoms with Crippen LogP contribution in [0.25, 0.3) is 11.3 Å². The molecule has 0 bridgehead atoms. The molecule has 0 radical (unpaired) electrons. The summed E-state index contributed by atoms with van der Waals surface area (Å²) in [6.45, 7) is 4.20. The van der Waals surface area contributed by atoms with E-state index in [1.54, 1.807) is 21.7 Å². The van der Waals surface area contributed by atoms with Crippen molar-refractivity contribution in [3.63, 3.8) is 0 Å². The van der Waals surface area contributed by atoms with Gasteiger partial charge in [-0.1, -0.05) is 13.8 Å². The van der Waals surface area contributed by atoms with Gasteiger partial charge in [0.1, 0.15) is 11.8 Å². The zero-order valence-electron chi connectivity index (χ0n) is 10.1. The zero-order chi connectivity index (χ0) is 12.7. The molecule has 7 nitrogen and oxygen atoms in total. The zero-order valence-corrected chi connectivity index (χ0v) is 10.1. The standard InChI is InChI=1S/C11H13N7/c1-7(2)8-5-9-10(13-3-4-17(9)15-8)18-6-14-11(12)16-18/h3-7H,1-2H3,(H2,12,16). The van der Waals surface area contributed by atoms with Crippen molar-refractivity contribution in [2.45, 2.75) is 19.8 Å². The molecule has 18 heavy (non-hydrogen) atoms. The van der Waals surface area contributed by atoms with Crippen LogP contribution in [-0.4, -0.2) is 29.4 Å². The highest BCUT2D eigenvalue weighted by Crippen LogP contribution is 2.18. The lowest BCUT2D eigenvalue weighted by molar-refractivity contribution is 0.781.